The summed E-state index contributed by atoms with van der Waals surface area (Å²) < 4.78 is 13.2. The summed E-state index contributed by atoms with van der Waals surface area (Å²) >= 11 is 6.02. The quantitative estimate of drug-likeness (QED) is 0.760. The summed E-state index contributed by atoms with van der Waals surface area (Å²) in [7, 11) is 1.80. The molecule has 0 unspecified atom stereocenters. The van der Waals surface area contributed by atoms with Crippen LogP contribution in [-0.2, 0) is 0 Å². The largest absolute Gasteiger partial charge is 0.373 e. The van der Waals surface area contributed by atoms with E-state index < -0.39 is 0 Å². The van der Waals surface area contributed by atoms with Gasteiger partial charge in [-0.3, -0.25) is 0 Å². The summed E-state index contributed by atoms with van der Waals surface area (Å²) in [5, 5.41) is 4.54. The molecule has 0 saturated carbocycles. The molecule has 3 aromatic rings. The van der Waals surface area contributed by atoms with E-state index in [0.29, 0.717) is 16.7 Å². The summed E-state index contributed by atoms with van der Waals surface area (Å²) in [6, 6.07) is 10.0. The zero-order valence-electron chi connectivity index (χ0n) is 11.6. The van der Waals surface area contributed by atoms with Gasteiger partial charge in [-0.25, -0.2) is 14.4 Å². The number of nitrogens with one attached hydrogen (secondary N) is 1. The molecule has 3 rings (SSSR count). The average molecular weight is 302 g/mol. The molecule has 0 amide bonds. The molecule has 0 saturated heterocycles. The molecule has 3 nitrogen and oxygen atoms in total. The van der Waals surface area contributed by atoms with Gasteiger partial charge in [0.2, 0.25) is 0 Å². The third kappa shape index (κ3) is 2.54. The van der Waals surface area contributed by atoms with E-state index in [1.807, 2.05) is 19.1 Å². The summed E-state index contributed by atoms with van der Waals surface area (Å²) in [6.45, 7) is 1.84. The number of anilines is 1. The Morgan fingerprint density at radius 2 is 1.90 bits per heavy atom. The number of aromatic nitrogens is 2. The number of rotatable bonds is 2. The first kappa shape index (κ1) is 13.8. The van der Waals surface area contributed by atoms with Crippen LogP contribution >= 0.6 is 11.6 Å². The Labute approximate surface area is 126 Å². The molecular formula is C16H13ClFN3. The van der Waals surface area contributed by atoms with Crippen LogP contribution in [0.5, 0.6) is 0 Å². The first-order valence-electron chi connectivity index (χ1n) is 6.50. The van der Waals surface area contributed by atoms with Crippen LogP contribution in [0.3, 0.4) is 0 Å². The zero-order chi connectivity index (χ0) is 15.0. The fraction of sp³-hybridized carbons (Fsp3) is 0.125. The molecule has 106 valence electrons. The molecule has 1 heterocycles. The molecule has 0 aliphatic carbocycles. The van der Waals surface area contributed by atoms with E-state index in [2.05, 4.69) is 15.3 Å². The molecule has 0 fully saturated rings. The van der Waals surface area contributed by atoms with Crippen molar-refractivity contribution in [2.24, 2.45) is 0 Å². The van der Waals surface area contributed by atoms with E-state index in [0.717, 1.165) is 22.0 Å². The highest BCUT2D eigenvalue weighted by Gasteiger charge is 2.11. The molecular weight excluding hydrogens is 289 g/mol. The Morgan fingerprint density at radius 1 is 1.10 bits per heavy atom. The first-order chi connectivity index (χ1) is 10.1. The van der Waals surface area contributed by atoms with Crippen molar-refractivity contribution in [2.45, 2.75) is 6.92 Å². The topological polar surface area (TPSA) is 37.8 Å². The summed E-state index contributed by atoms with van der Waals surface area (Å²) in [5.74, 6) is 0.991. The standard InChI is InChI=1S/C16H13ClFN3/c1-9-7-11(18)4-5-12(9)16-20-14-6-3-10(17)8-13(14)15(19-2)21-16/h3-8H,1-2H3,(H,19,20,21). The van der Waals surface area contributed by atoms with Crippen LogP contribution in [0.4, 0.5) is 10.2 Å². The molecule has 2 aromatic carbocycles. The Balaban J connectivity index is 2.26. The highest BCUT2D eigenvalue weighted by atomic mass is 35.5. The average Bonchev–Trinajstić information content (AvgIpc) is 2.46. The third-order valence-electron chi connectivity index (χ3n) is 3.32. The van der Waals surface area contributed by atoms with E-state index in [1.165, 1.54) is 12.1 Å². The second-order valence-electron chi connectivity index (χ2n) is 4.77. The minimum Gasteiger partial charge on any atom is -0.373 e. The number of hydrogen-bond donors (Lipinski definition) is 1. The lowest BCUT2D eigenvalue weighted by molar-refractivity contribution is 0.627. The SMILES string of the molecule is CNc1nc(-c2ccc(F)cc2C)nc2ccc(Cl)cc12. The van der Waals surface area contributed by atoms with Gasteiger partial charge in [0, 0.05) is 23.0 Å². The second kappa shape index (κ2) is 5.30. The lowest BCUT2D eigenvalue weighted by atomic mass is 10.1. The molecule has 1 aromatic heterocycles. The van der Waals surface area contributed by atoms with Gasteiger partial charge in [-0.15, -0.1) is 0 Å². The number of nitrogens with zero attached hydrogens (tertiary/aromatic N) is 2. The van der Waals surface area contributed by atoms with Crippen LogP contribution in [0.2, 0.25) is 5.02 Å². The monoisotopic (exact) mass is 301 g/mol. The molecule has 0 bridgehead atoms. The van der Waals surface area contributed by atoms with Crippen molar-refractivity contribution in [2.75, 3.05) is 12.4 Å². The van der Waals surface area contributed by atoms with Crippen LogP contribution in [0, 0.1) is 12.7 Å². The second-order valence-corrected chi connectivity index (χ2v) is 5.20. The summed E-state index contributed by atoms with van der Waals surface area (Å²) in [5.41, 5.74) is 2.40. The summed E-state index contributed by atoms with van der Waals surface area (Å²) in [4.78, 5) is 9.07. The van der Waals surface area contributed by atoms with Gasteiger partial charge < -0.3 is 5.32 Å². The molecule has 0 radical (unpaired) electrons. The maximum Gasteiger partial charge on any atom is 0.162 e. The minimum atomic E-state index is -0.266. The number of fused-ring (bicyclic) bond motifs is 1. The molecule has 21 heavy (non-hydrogen) atoms. The fourth-order valence-electron chi connectivity index (χ4n) is 2.29. The highest BCUT2D eigenvalue weighted by molar-refractivity contribution is 6.31. The van der Waals surface area contributed by atoms with Crippen LogP contribution in [0.15, 0.2) is 36.4 Å². The normalized spacial score (nSPS) is 10.9. The first-order valence-corrected chi connectivity index (χ1v) is 6.88. The molecule has 0 aliphatic heterocycles. The molecule has 0 atom stereocenters. The van der Waals surface area contributed by atoms with Gasteiger partial charge in [0.25, 0.3) is 0 Å². The molecule has 1 N–H and O–H groups in total. The minimum absolute atomic E-state index is 0.266. The van der Waals surface area contributed by atoms with E-state index in [9.17, 15) is 4.39 Å². The Kier molecular flexibility index (Phi) is 3.47. The van der Waals surface area contributed by atoms with Gasteiger partial charge >= 0.3 is 0 Å². The predicted molar refractivity (Wildman–Crippen MR) is 84.2 cm³/mol. The Hall–Kier alpha value is -2.20. The maximum absolute atomic E-state index is 13.2. The Morgan fingerprint density at radius 3 is 2.62 bits per heavy atom. The third-order valence-corrected chi connectivity index (χ3v) is 3.56. The van der Waals surface area contributed by atoms with Gasteiger partial charge in [-0.1, -0.05) is 11.6 Å². The van der Waals surface area contributed by atoms with Crippen molar-refractivity contribution >= 4 is 28.3 Å². The molecule has 5 heteroatoms. The van der Waals surface area contributed by atoms with Gasteiger partial charge in [0.15, 0.2) is 5.82 Å². The molecule has 0 aliphatic rings. The number of hydrogen-bond acceptors (Lipinski definition) is 3. The van der Waals surface area contributed by atoms with Gasteiger partial charge in [-0.05, 0) is 48.9 Å². The molecule has 0 spiro atoms. The highest BCUT2D eigenvalue weighted by Crippen LogP contribution is 2.28. The lowest BCUT2D eigenvalue weighted by Crippen LogP contribution is -1.99. The van der Waals surface area contributed by atoms with Gasteiger partial charge in [0.1, 0.15) is 11.6 Å². The van der Waals surface area contributed by atoms with Crippen molar-refractivity contribution < 1.29 is 4.39 Å². The van der Waals surface area contributed by atoms with Crippen LogP contribution in [0.1, 0.15) is 5.56 Å². The van der Waals surface area contributed by atoms with E-state index >= 15 is 0 Å². The van der Waals surface area contributed by atoms with Gasteiger partial charge in [-0.2, -0.15) is 0 Å². The fourth-order valence-corrected chi connectivity index (χ4v) is 2.46. The van der Waals surface area contributed by atoms with E-state index in [4.69, 9.17) is 11.6 Å². The van der Waals surface area contributed by atoms with Crippen molar-refractivity contribution in [3.63, 3.8) is 0 Å². The Bertz CT molecular complexity index is 833. The maximum atomic E-state index is 13.2. The summed E-state index contributed by atoms with van der Waals surface area (Å²) in [6.07, 6.45) is 0. The number of aryl methyl sites for hydroxylation is 1. The smallest absolute Gasteiger partial charge is 0.162 e. The van der Waals surface area contributed by atoms with Crippen molar-refractivity contribution in [3.8, 4) is 11.4 Å². The van der Waals surface area contributed by atoms with Crippen LogP contribution in [-0.4, -0.2) is 17.0 Å². The van der Waals surface area contributed by atoms with Crippen molar-refractivity contribution in [3.05, 3.63) is 52.8 Å². The van der Waals surface area contributed by atoms with Crippen LogP contribution < -0.4 is 5.32 Å². The van der Waals surface area contributed by atoms with Crippen LogP contribution in [0.25, 0.3) is 22.3 Å². The van der Waals surface area contributed by atoms with Gasteiger partial charge in [0.05, 0.1) is 5.52 Å². The lowest BCUT2D eigenvalue weighted by Gasteiger charge is -2.10. The number of benzene rings is 2. The van der Waals surface area contributed by atoms with E-state index in [1.54, 1.807) is 19.2 Å². The predicted octanol–water partition coefficient (Wildman–Crippen LogP) is 4.44. The van der Waals surface area contributed by atoms with E-state index in [-0.39, 0.29) is 5.82 Å². The van der Waals surface area contributed by atoms with Crippen molar-refractivity contribution in [1.29, 1.82) is 0 Å². The number of halogens is 2. The zero-order valence-corrected chi connectivity index (χ0v) is 12.4. The van der Waals surface area contributed by atoms with Crippen molar-refractivity contribution in [1.82, 2.24) is 9.97 Å².